The summed E-state index contributed by atoms with van der Waals surface area (Å²) in [4.78, 5) is 20.7. The minimum atomic E-state index is -3.04. The molecular weight excluding hydrogens is 416 g/mol. The smallest absolute Gasteiger partial charge is 0.407 e. The maximum absolute atomic E-state index is 12.1. The van der Waals surface area contributed by atoms with Crippen molar-refractivity contribution in [2.75, 3.05) is 11.9 Å². The number of sulfone groups is 1. The molecule has 1 aromatic rings. The van der Waals surface area contributed by atoms with Gasteiger partial charge in [0.25, 0.3) is 0 Å². The van der Waals surface area contributed by atoms with Gasteiger partial charge in [0, 0.05) is 12.2 Å². The van der Waals surface area contributed by atoms with Gasteiger partial charge in [-0.3, -0.25) is 4.99 Å². The number of nitrogens with one attached hydrogen (secondary N) is 2. The summed E-state index contributed by atoms with van der Waals surface area (Å²) in [5.41, 5.74) is 1.95. The molecule has 2 heterocycles. The van der Waals surface area contributed by atoms with Crippen LogP contribution in [-0.4, -0.2) is 49.3 Å². The van der Waals surface area contributed by atoms with Gasteiger partial charge < -0.3 is 15.4 Å². The standard InChI is InChI=1S/C22H30N4O4S/c1-14(2)25-22(27)30-18-5-4-16(9-18)17-10-21(24-12-17)26-20-8-3-15(11-23-20)13-31(28,29)19-6-7-19/h3,8,10-11,14,16,18-19H,4-7,9,12-13H2,1-2H3,(H,25,27)(H,23,24,26)/t16-,18+/m0/s1. The van der Waals surface area contributed by atoms with Gasteiger partial charge in [0.1, 0.15) is 17.8 Å². The lowest BCUT2D eigenvalue weighted by atomic mass is 9.98. The van der Waals surface area contributed by atoms with E-state index in [-0.39, 0.29) is 29.2 Å². The number of hydrogen-bond acceptors (Lipinski definition) is 7. The van der Waals surface area contributed by atoms with E-state index in [0.717, 1.165) is 37.9 Å². The fourth-order valence-electron chi connectivity index (χ4n) is 4.06. The number of amidine groups is 1. The van der Waals surface area contributed by atoms with E-state index in [1.54, 1.807) is 18.3 Å². The Balaban J connectivity index is 1.27. The highest BCUT2D eigenvalue weighted by atomic mass is 32.2. The number of hydrogen-bond donors (Lipinski definition) is 2. The van der Waals surface area contributed by atoms with Crippen LogP contribution in [0.3, 0.4) is 0 Å². The van der Waals surface area contributed by atoms with Gasteiger partial charge in [-0.2, -0.15) is 0 Å². The molecule has 0 saturated heterocycles. The summed E-state index contributed by atoms with van der Waals surface area (Å²) in [6, 6.07) is 3.66. The van der Waals surface area contributed by atoms with Crippen molar-refractivity contribution >= 4 is 27.6 Å². The van der Waals surface area contributed by atoms with Crippen LogP contribution in [-0.2, 0) is 20.3 Å². The van der Waals surface area contributed by atoms with Crippen LogP contribution < -0.4 is 10.6 Å². The lowest BCUT2D eigenvalue weighted by molar-refractivity contribution is 0.0975. The van der Waals surface area contributed by atoms with Crippen LogP contribution in [0.5, 0.6) is 0 Å². The first-order chi connectivity index (χ1) is 14.8. The normalized spacial score (nSPS) is 23.5. The van der Waals surface area contributed by atoms with Crippen molar-refractivity contribution in [1.82, 2.24) is 10.3 Å². The molecule has 168 valence electrons. The zero-order chi connectivity index (χ0) is 22.0. The average Bonchev–Trinajstić information content (AvgIpc) is 3.31. The highest BCUT2D eigenvalue weighted by Crippen LogP contribution is 2.35. The van der Waals surface area contributed by atoms with Gasteiger partial charge in [0.2, 0.25) is 0 Å². The van der Waals surface area contributed by atoms with E-state index in [0.29, 0.717) is 23.8 Å². The zero-order valence-electron chi connectivity index (χ0n) is 18.0. The van der Waals surface area contributed by atoms with Crippen LogP contribution in [0.15, 0.2) is 35.0 Å². The predicted molar refractivity (Wildman–Crippen MR) is 120 cm³/mol. The summed E-state index contributed by atoms with van der Waals surface area (Å²) < 4.78 is 29.7. The second-order valence-corrected chi connectivity index (χ2v) is 11.2. The third-order valence-corrected chi connectivity index (χ3v) is 8.05. The molecule has 0 spiro atoms. The van der Waals surface area contributed by atoms with E-state index in [1.807, 2.05) is 19.9 Å². The molecule has 0 unspecified atom stereocenters. The molecule has 4 rings (SSSR count). The molecule has 1 amide bonds. The monoisotopic (exact) mass is 446 g/mol. The first-order valence-electron chi connectivity index (χ1n) is 10.9. The Hall–Kier alpha value is -2.42. The topological polar surface area (TPSA) is 110 Å². The summed E-state index contributed by atoms with van der Waals surface area (Å²) in [6.07, 6.45) is 7.49. The number of anilines is 1. The number of rotatable bonds is 7. The molecule has 0 radical (unpaired) electrons. The van der Waals surface area contributed by atoms with Gasteiger partial charge in [-0.05, 0) is 75.1 Å². The van der Waals surface area contributed by atoms with Gasteiger partial charge in [0.15, 0.2) is 9.84 Å². The minimum Gasteiger partial charge on any atom is -0.446 e. The molecule has 2 atom stereocenters. The van der Waals surface area contributed by atoms with Crippen molar-refractivity contribution in [3.63, 3.8) is 0 Å². The van der Waals surface area contributed by atoms with Crippen LogP contribution >= 0.6 is 0 Å². The molecule has 0 aromatic carbocycles. The Kier molecular flexibility index (Phi) is 6.31. The predicted octanol–water partition coefficient (Wildman–Crippen LogP) is 3.21. The molecule has 1 aromatic heterocycles. The fraction of sp³-hybridized carbons (Fsp3) is 0.591. The van der Waals surface area contributed by atoms with E-state index in [1.165, 1.54) is 5.57 Å². The largest absolute Gasteiger partial charge is 0.446 e. The highest BCUT2D eigenvalue weighted by molar-refractivity contribution is 7.91. The van der Waals surface area contributed by atoms with Crippen molar-refractivity contribution in [3.05, 3.63) is 35.5 Å². The second kappa shape index (κ2) is 8.98. The molecule has 8 nitrogen and oxygen atoms in total. The molecule has 2 fully saturated rings. The quantitative estimate of drug-likeness (QED) is 0.666. The Labute approximate surface area is 183 Å². The first-order valence-corrected chi connectivity index (χ1v) is 12.7. The van der Waals surface area contributed by atoms with Crippen LogP contribution in [0, 0.1) is 5.92 Å². The first kappa shape index (κ1) is 21.8. The van der Waals surface area contributed by atoms with Crippen LogP contribution in [0.2, 0.25) is 0 Å². The van der Waals surface area contributed by atoms with Crippen molar-refractivity contribution in [3.8, 4) is 0 Å². The highest BCUT2D eigenvalue weighted by Gasteiger charge is 2.35. The SMILES string of the molecule is CC(C)NC(=O)O[C@@H]1CC[C@H](C2=CC(Nc3ccc(CS(=O)(=O)C4CC4)cn3)=NC2)C1. The number of alkyl carbamates (subject to hydrolysis) is 1. The number of carbonyl (C=O) groups excluding carboxylic acids is 1. The third-order valence-electron chi connectivity index (χ3n) is 5.82. The summed E-state index contributed by atoms with van der Waals surface area (Å²) >= 11 is 0. The van der Waals surface area contributed by atoms with Crippen LogP contribution in [0.1, 0.15) is 51.5 Å². The zero-order valence-corrected chi connectivity index (χ0v) is 18.8. The second-order valence-electron chi connectivity index (χ2n) is 8.94. The molecular formula is C22H30N4O4S. The summed E-state index contributed by atoms with van der Waals surface area (Å²) in [5.74, 6) is 1.81. The van der Waals surface area contributed by atoms with Crippen LogP contribution in [0.25, 0.3) is 0 Å². The van der Waals surface area contributed by atoms with E-state index < -0.39 is 9.84 Å². The lowest BCUT2D eigenvalue weighted by Crippen LogP contribution is -2.33. The van der Waals surface area contributed by atoms with Gasteiger partial charge in [-0.1, -0.05) is 6.07 Å². The summed E-state index contributed by atoms with van der Waals surface area (Å²) in [5, 5.41) is 5.81. The Morgan fingerprint density at radius 1 is 1.23 bits per heavy atom. The van der Waals surface area contributed by atoms with Crippen LogP contribution in [0.4, 0.5) is 10.6 Å². The van der Waals surface area contributed by atoms with Crippen molar-refractivity contribution < 1.29 is 17.9 Å². The summed E-state index contributed by atoms with van der Waals surface area (Å²) in [6.45, 7) is 4.45. The van der Waals surface area contributed by atoms with Gasteiger partial charge in [-0.25, -0.2) is 18.2 Å². The fourth-order valence-corrected chi connectivity index (χ4v) is 5.79. The molecule has 1 aliphatic heterocycles. The lowest BCUT2D eigenvalue weighted by Gasteiger charge is -2.15. The van der Waals surface area contributed by atoms with Gasteiger partial charge in [0.05, 0.1) is 17.5 Å². The number of ether oxygens (including phenoxy) is 1. The van der Waals surface area contributed by atoms with Gasteiger partial charge >= 0.3 is 6.09 Å². The van der Waals surface area contributed by atoms with Crippen molar-refractivity contribution in [2.45, 2.75) is 69.1 Å². The van der Waals surface area contributed by atoms with Crippen molar-refractivity contribution in [1.29, 1.82) is 0 Å². The van der Waals surface area contributed by atoms with Crippen molar-refractivity contribution in [2.24, 2.45) is 10.9 Å². The Morgan fingerprint density at radius 2 is 2.03 bits per heavy atom. The van der Waals surface area contributed by atoms with E-state index >= 15 is 0 Å². The number of nitrogens with zero attached hydrogens (tertiary/aromatic N) is 2. The molecule has 2 aliphatic carbocycles. The average molecular weight is 447 g/mol. The molecule has 2 N–H and O–H groups in total. The maximum atomic E-state index is 12.1. The molecule has 31 heavy (non-hydrogen) atoms. The third kappa shape index (κ3) is 5.84. The summed E-state index contributed by atoms with van der Waals surface area (Å²) in [7, 11) is -3.04. The van der Waals surface area contributed by atoms with E-state index in [4.69, 9.17) is 4.74 Å². The van der Waals surface area contributed by atoms with E-state index in [9.17, 15) is 13.2 Å². The van der Waals surface area contributed by atoms with Gasteiger partial charge in [-0.15, -0.1) is 0 Å². The molecule has 0 bridgehead atoms. The Bertz CT molecular complexity index is 981. The number of amides is 1. The number of pyridine rings is 1. The molecule has 2 saturated carbocycles. The molecule has 3 aliphatic rings. The number of aliphatic imine (C=N–C) groups is 1. The maximum Gasteiger partial charge on any atom is 0.407 e. The number of carbonyl (C=O) groups is 1. The molecule has 9 heteroatoms. The van der Waals surface area contributed by atoms with E-state index in [2.05, 4.69) is 20.6 Å². The number of aromatic nitrogens is 1. The Morgan fingerprint density at radius 3 is 2.71 bits per heavy atom. The minimum absolute atomic E-state index is 0.0516.